The number of hydrogen-bond donors (Lipinski definition) is 3. The number of rotatable bonds is 4. The summed E-state index contributed by atoms with van der Waals surface area (Å²) in [5, 5.41) is 11.2. The number of hydrogen-bond acceptors (Lipinski definition) is 3. The normalized spacial score (nSPS) is 30.3. The number of H-pyrrole nitrogens is 1. The molecule has 0 unspecified atom stereocenters. The van der Waals surface area contributed by atoms with E-state index in [1.54, 1.807) is 0 Å². The number of aromatic amines is 1. The molecule has 1 heterocycles. The van der Waals surface area contributed by atoms with E-state index in [0.29, 0.717) is 18.4 Å². The molecular formula is C16H20N4O. The molecule has 0 saturated heterocycles. The topological polar surface area (TPSA) is 83.8 Å². The number of nitrogens with one attached hydrogen (secondary N) is 2. The van der Waals surface area contributed by atoms with E-state index in [1.807, 2.05) is 6.20 Å². The fraction of sp³-hybridized carbons (Fsp3) is 0.500. The third-order valence-corrected chi connectivity index (χ3v) is 5.04. The first-order valence-electron chi connectivity index (χ1n) is 7.67. The summed E-state index contributed by atoms with van der Waals surface area (Å²) in [6.07, 6.45) is 4.67. The van der Waals surface area contributed by atoms with Crippen LogP contribution in [-0.4, -0.2) is 28.7 Å². The van der Waals surface area contributed by atoms with Crippen molar-refractivity contribution in [3.05, 3.63) is 30.0 Å². The molecule has 0 radical (unpaired) electrons. The molecule has 0 bridgehead atoms. The smallest absolute Gasteiger partial charge is 0.223 e. The summed E-state index contributed by atoms with van der Waals surface area (Å²) in [6.45, 7) is 0.682. The van der Waals surface area contributed by atoms with Crippen LogP contribution < -0.4 is 11.1 Å². The van der Waals surface area contributed by atoms with Gasteiger partial charge in [0, 0.05) is 23.9 Å². The highest BCUT2D eigenvalue weighted by Gasteiger charge is 2.55. The van der Waals surface area contributed by atoms with Crippen LogP contribution in [0.15, 0.2) is 24.4 Å². The van der Waals surface area contributed by atoms with Crippen LogP contribution in [-0.2, 0) is 11.2 Å². The van der Waals surface area contributed by atoms with Gasteiger partial charge in [-0.15, -0.1) is 0 Å². The van der Waals surface area contributed by atoms with Gasteiger partial charge >= 0.3 is 0 Å². The van der Waals surface area contributed by atoms with E-state index in [9.17, 15) is 4.79 Å². The number of nitrogens with two attached hydrogens (primary N) is 1. The van der Waals surface area contributed by atoms with Crippen molar-refractivity contribution in [3.63, 3.8) is 0 Å². The molecule has 2 aliphatic carbocycles. The summed E-state index contributed by atoms with van der Waals surface area (Å²) in [5.74, 6) is 1.52. The first kappa shape index (κ1) is 12.8. The molecule has 4 rings (SSSR count). The minimum absolute atomic E-state index is 0.153. The Hall–Kier alpha value is -1.88. The predicted octanol–water partition coefficient (Wildman–Crippen LogP) is 1.20. The highest BCUT2D eigenvalue weighted by Crippen LogP contribution is 2.54. The first-order valence-corrected chi connectivity index (χ1v) is 7.67. The molecule has 2 aliphatic rings. The van der Waals surface area contributed by atoms with Crippen molar-refractivity contribution in [2.24, 2.45) is 23.5 Å². The van der Waals surface area contributed by atoms with Crippen molar-refractivity contribution in [2.45, 2.75) is 25.3 Å². The van der Waals surface area contributed by atoms with Gasteiger partial charge in [0.1, 0.15) is 0 Å². The van der Waals surface area contributed by atoms with Crippen LogP contribution in [0.3, 0.4) is 0 Å². The van der Waals surface area contributed by atoms with Gasteiger partial charge in [0.15, 0.2) is 0 Å². The molecule has 1 aromatic heterocycles. The molecule has 0 aliphatic heterocycles. The van der Waals surface area contributed by atoms with Gasteiger partial charge in [-0.2, -0.15) is 5.10 Å². The highest BCUT2D eigenvalue weighted by molar-refractivity contribution is 5.80. The Bertz CT molecular complexity index is 680. The van der Waals surface area contributed by atoms with Crippen LogP contribution in [0.2, 0.25) is 0 Å². The summed E-state index contributed by atoms with van der Waals surface area (Å²) in [4.78, 5) is 12.2. The zero-order valence-electron chi connectivity index (χ0n) is 11.9. The Morgan fingerprint density at radius 3 is 3.05 bits per heavy atom. The standard InChI is InChI=1S/C16H20N4O/c17-14-7-13(11-6-12(11)14)16(21)18-4-3-9-1-2-10-8-19-20-15(10)5-9/h1-2,5,8,11-14H,3-4,6-7,17H2,(H,18,21)(H,19,20)/t11-,12+,13-,14+/m0/s1. The van der Waals surface area contributed by atoms with Crippen LogP contribution in [0, 0.1) is 17.8 Å². The van der Waals surface area contributed by atoms with Crippen molar-refractivity contribution in [3.8, 4) is 0 Å². The Morgan fingerprint density at radius 1 is 1.38 bits per heavy atom. The number of aromatic nitrogens is 2. The molecule has 5 nitrogen and oxygen atoms in total. The molecule has 4 atom stereocenters. The van der Waals surface area contributed by atoms with E-state index >= 15 is 0 Å². The van der Waals surface area contributed by atoms with Gasteiger partial charge in [-0.1, -0.05) is 12.1 Å². The second kappa shape index (κ2) is 4.84. The molecule has 2 fully saturated rings. The molecule has 2 saturated carbocycles. The number of carbonyl (C=O) groups is 1. The molecule has 1 aromatic carbocycles. The first-order chi connectivity index (χ1) is 10.2. The minimum atomic E-state index is 0.153. The van der Waals surface area contributed by atoms with Crippen LogP contribution >= 0.6 is 0 Å². The van der Waals surface area contributed by atoms with Gasteiger partial charge in [0.25, 0.3) is 0 Å². The molecule has 2 aromatic rings. The predicted molar refractivity (Wildman–Crippen MR) is 80.5 cm³/mol. The lowest BCUT2D eigenvalue weighted by Crippen LogP contribution is -2.33. The lowest BCUT2D eigenvalue weighted by molar-refractivity contribution is -0.125. The van der Waals surface area contributed by atoms with E-state index in [1.165, 1.54) is 5.56 Å². The summed E-state index contributed by atoms with van der Waals surface area (Å²) < 4.78 is 0. The molecule has 21 heavy (non-hydrogen) atoms. The van der Waals surface area contributed by atoms with E-state index in [4.69, 9.17) is 5.73 Å². The zero-order valence-corrected chi connectivity index (χ0v) is 11.9. The van der Waals surface area contributed by atoms with Crippen molar-refractivity contribution in [1.82, 2.24) is 15.5 Å². The van der Waals surface area contributed by atoms with Crippen molar-refractivity contribution in [1.29, 1.82) is 0 Å². The van der Waals surface area contributed by atoms with Gasteiger partial charge in [-0.25, -0.2) is 0 Å². The van der Waals surface area contributed by atoms with Gasteiger partial charge in [-0.3, -0.25) is 9.89 Å². The van der Waals surface area contributed by atoms with E-state index in [0.717, 1.165) is 30.2 Å². The lowest BCUT2D eigenvalue weighted by atomic mass is 10.0. The van der Waals surface area contributed by atoms with Crippen molar-refractivity contribution < 1.29 is 4.79 Å². The Labute approximate surface area is 123 Å². The number of benzene rings is 1. The molecule has 1 amide bonds. The monoisotopic (exact) mass is 284 g/mol. The quantitative estimate of drug-likeness (QED) is 0.789. The molecule has 110 valence electrons. The maximum atomic E-state index is 12.2. The number of fused-ring (bicyclic) bond motifs is 2. The van der Waals surface area contributed by atoms with Crippen LogP contribution in [0.25, 0.3) is 10.9 Å². The minimum Gasteiger partial charge on any atom is -0.356 e. The highest BCUT2D eigenvalue weighted by atomic mass is 16.1. The summed E-state index contributed by atoms with van der Waals surface area (Å²) in [6, 6.07) is 6.48. The fourth-order valence-electron chi connectivity index (χ4n) is 3.74. The van der Waals surface area contributed by atoms with Gasteiger partial charge < -0.3 is 11.1 Å². The number of amides is 1. The summed E-state index contributed by atoms with van der Waals surface area (Å²) >= 11 is 0. The van der Waals surface area contributed by atoms with Gasteiger partial charge in [0.2, 0.25) is 5.91 Å². The second-order valence-corrected chi connectivity index (χ2v) is 6.40. The van der Waals surface area contributed by atoms with E-state index in [2.05, 4.69) is 33.7 Å². The Kier molecular flexibility index (Phi) is 2.96. The maximum absolute atomic E-state index is 12.2. The largest absolute Gasteiger partial charge is 0.356 e. The summed E-state index contributed by atoms with van der Waals surface area (Å²) in [5.41, 5.74) is 8.27. The SMILES string of the molecule is N[C@@H]1C[C@H](C(=O)NCCc2ccc3cn[nH]c3c2)[C@H]2C[C@H]21. The van der Waals surface area contributed by atoms with Gasteiger partial charge in [0.05, 0.1) is 11.7 Å². The average molecular weight is 284 g/mol. The number of carbonyl (C=O) groups excluding carboxylic acids is 1. The maximum Gasteiger partial charge on any atom is 0.223 e. The van der Waals surface area contributed by atoms with E-state index in [-0.39, 0.29) is 17.9 Å². The molecular weight excluding hydrogens is 264 g/mol. The van der Waals surface area contributed by atoms with E-state index < -0.39 is 0 Å². The van der Waals surface area contributed by atoms with Crippen LogP contribution in [0.5, 0.6) is 0 Å². The third-order valence-electron chi connectivity index (χ3n) is 5.04. The Morgan fingerprint density at radius 2 is 2.29 bits per heavy atom. The lowest BCUT2D eigenvalue weighted by Gasteiger charge is -2.13. The fourth-order valence-corrected chi connectivity index (χ4v) is 3.74. The van der Waals surface area contributed by atoms with Gasteiger partial charge in [-0.05, 0) is 42.7 Å². The average Bonchev–Trinajstić information content (AvgIpc) is 3.02. The van der Waals surface area contributed by atoms with Crippen molar-refractivity contribution in [2.75, 3.05) is 6.54 Å². The molecule has 4 N–H and O–H groups in total. The Balaban J connectivity index is 1.32. The third kappa shape index (κ3) is 2.31. The number of nitrogens with zero attached hydrogens (tertiary/aromatic N) is 1. The second-order valence-electron chi connectivity index (χ2n) is 6.40. The van der Waals surface area contributed by atoms with Crippen LogP contribution in [0.4, 0.5) is 0 Å². The summed E-state index contributed by atoms with van der Waals surface area (Å²) in [7, 11) is 0. The molecule has 0 spiro atoms. The van der Waals surface area contributed by atoms with Crippen molar-refractivity contribution >= 4 is 16.8 Å². The van der Waals surface area contributed by atoms with Crippen LogP contribution in [0.1, 0.15) is 18.4 Å². The molecule has 5 heteroatoms. The zero-order chi connectivity index (χ0) is 14.4.